The lowest BCUT2D eigenvalue weighted by Crippen LogP contribution is -2.37. The first kappa shape index (κ1) is 22.7. The second-order valence-electron chi connectivity index (χ2n) is 6.18. The highest BCUT2D eigenvalue weighted by atomic mass is 32.2. The summed E-state index contributed by atoms with van der Waals surface area (Å²) in [6, 6.07) is 9.75. The van der Waals surface area contributed by atoms with Crippen LogP contribution in [0.15, 0.2) is 53.6 Å². The Kier molecular flexibility index (Phi) is 7.36. The number of amidine groups is 1. The highest BCUT2D eigenvalue weighted by molar-refractivity contribution is 7.97. The number of urea groups is 1. The molecule has 0 saturated carbocycles. The maximum Gasteiger partial charge on any atom is 0.317 e. The van der Waals surface area contributed by atoms with E-state index >= 15 is 0 Å². The summed E-state index contributed by atoms with van der Waals surface area (Å²) in [7, 11) is 0. The van der Waals surface area contributed by atoms with Gasteiger partial charge in [-0.25, -0.2) is 18.6 Å². The molecular weight excluding hydrogens is 442 g/mol. The molecule has 0 aliphatic carbocycles. The van der Waals surface area contributed by atoms with Crippen molar-refractivity contribution in [2.24, 2.45) is 10.9 Å². The molecule has 13 heteroatoms. The number of primary amides is 1. The number of carbonyl (C=O) groups is 1. The van der Waals surface area contributed by atoms with Crippen molar-refractivity contribution in [3.8, 4) is 5.75 Å². The van der Waals surface area contributed by atoms with E-state index in [0.29, 0.717) is 17.1 Å². The van der Waals surface area contributed by atoms with E-state index < -0.39 is 17.7 Å². The molecule has 0 aliphatic rings. The summed E-state index contributed by atoms with van der Waals surface area (Å²) in [6.45, 7) is -0.182. The molecule has 32 heavy (non-hydrogen) atoms. The van der Waals surface area contributed by atoms with Crippen molar-refractivity contribution in [3.05, 3.63) is 60.3 Å². The minimum atomic E-state index is -0.850. The third-order valence-electron chi connectivity index (χ3n) is 3.83. The molecule has 2 aromatic carbocycles. The van der Waals surface area contributed by atoms with Crippen LogP contribution >= 0.6 is 11.9 Å². The number of rotatable bonds is 8. The Labute approximate surface area is 185 Å². The summed E-state index contributed by atoms with van der Waals surface area (Å²) < 4.78 is 33.1. The first-order valence-corrected chi connectivity index (χ1v) is 9.81. The van der Waals surface area contributed by atoms with Crippen LogP contribution in [0.5, 0.6) is 5.75 Å². The molecule has 166 valence electrons. The van der Waals surface area contributed by atoms with Gasteiger partial charge in [-0.2, -0.15) is 4.98 Å². The van der Waals surface area contributed by atoms with Crippen LogP contribution in [0.3, 0.4) is 0 Å². The van der Waals surface area contributed by atoms with E-state index in [0.717, 1.165) is 18.1 Å². The Morgan fingerprint density at radius 1 is 1.09 bits per heavy atom. The van der Waals surface area contributed by atoms with Gasteiger partial charge in [0.2, 0.25) is 5.95 Å². The third kappa shape index (κ3) is 6.26. The minimum absolute atomic E-state index is 0.0841. The zero-order valence-electron chi connectivity index (χ0n) is 16.4. The second-order valence-corrected chi connectivity index (χ2v) is 6.86. The van der Waals surface area contributed by atoms with Gasteiger partial charge in [0.25, 0.3) is 0 Å². The van der Waals surface area contributed by atoms with Gasteiger partial charge in [-0.15, -0.1) is 0 Å². The van der Waals surface area contributed by atoms with Crippen LogP contribution in [-0.4, -0.2) is 28.4 Å². The minimum Gasteiger partial charge on any atom is -0.486 e. The predicted molar refractivity (Wildman–Crippen MR) is 117 cm³/mol. The van der Waals surface area contributed by atoms with Gasteiger partial charge >= 0.3 is 6.03 Å². The van der Waals surface area contributed by atoms with Gasteiger partial charge in [0.05, 0.1) is 11.1 Å². The van der Waals surface area contributed by atoms with Crippen LogP contribution in [-0.2, 0) is 0 Å². The lowest BCUT2D eigenvalue weighted by Gasteiger charge is -2.11. The predicted octanol–water partition coefficient (Wildman–Crippen LogP) is 3.23. The van der Waals surface area contributed by atoms with Crippen molar-refractivity contribution in [2.75, 3.05) is 17.2 Å². The van der Waals surface area contributed by atoms with Crippen molar-refractivity contribution in [1.29, 1.82) is 5.41 Å². The molecule has 0 spiro atoms. The number of benzene rings is 2. The molecule has 3 rings (SSSR count). The molecule has 3 aromatic rings. The Bertz CT molecular complexity index is 1130. The SMILES string of the molecule is N=C(COc1ccc(Nc2nc(Nc3ccc(F)c(SN)c3)ncc2F)cc1)NC(N)=O. The number of amides is 2. The summed E-state index contributed by atoms with van der Waals surface area (Å²) in [6.07, 6.45) is 0.995. The molecule has 0 unspecified atom stereocenters. The Balaban J connectivity index is 1.66. The van der Waals surface area contributed by atoms with Crippen molar-refractivity contribution in [3.63, 3.8) is 0 Å². The van der Waals surface area contributed by atoms with Crippen LogP contribution in [0.25, 0.3) is 0 Å². The smallest absolute Gasteiger partial charge is 0.317 e. The number of nitrogens with two attached hydrogens (primary N) is 2. The fourth-order valence-corrected chi connectivity index (χ4v) is 2.80. The fourth-order valence-electron chi connectivity index (χ4n) is 2.43. The molecule has 0 bridgehead atoms. The molecule has 1 heterocycles. The molecule has 0 saturated heterocycles. The van der Waals surface area contributed by atoms with Crippen molar-refractivity contribution >= 4 is 47.0 Å². The standard InChI is InChI=1S/C19H18F2N8O2S/c20-13-6-3-11(7-15(13)32-24)27-19-25-8-14(21)17(29-19)26-10-1-4-12(5-2-10)31-9-16(22)28-18(23)30/h1-8H,9,24H2,(H4,22,23,28,30)(H2,25,26,27,29). The van der Waals surface area contributed by atoms with Crippen molar-refractivity contribution < 1.29 is 18.3 Å². The molecule has 0 fully saturated rings. The van der Waals surface area contributed by atoms with Gasteiger partial charge in [0.15, 0.2) is 11.6 Å². The highest BCUT2D eigenvalue weighted by Gasteiger charge is 2.10. The number of aromatic nitrogens is 2. The first-order chi connectivity index (χ1) is 15.3. The second kappa shape index (κ2) is 10.4. The molecule has 0 atom stereocenters. The Hall–Kier alpha value is -3.97. The monoisotopic (exact) mass is 460 g/mol. The zero-order valence-corrected chi connectivity index (χ0v) is 17.2. The van der Waals surface area contributed by atoms with Gasteiger partial charge in [-0.05, 0) is 54.4 Å². The van der Waals surface area contributed by atoms with E-state index in [2.05, 4.69) is 25.9 Å². The summed E-state index contributed by atoms with van der Waals surface area (Å²) in [4.78, 5) is 18.9. The van der Waals surface area contributed by atoms with Crippen molar-refractivity contribution in [1.82, 2.24) is 15.3 Å². The number of anilines is 4. The van der Waals surface area contributed by atoms with Crippen LogP contribution < -0.4 is 31.6 Å². The van der Waals surface area contributed by atoms with E-state index in [4.69, 9.17) is 21.0 Å². The lowest BCUT2D eigenvalue weighted by atomic mass is 10.3. The van der Waals surface area contributed by atoms with Gasteiger partial charge in [0.1, 0.15) is 24.0 Å². The summed E-state index contributed by atoms with van der Waals surface area (Å²) >= 11 is 0.762. The Morgan fingerprint density at radius 3 is 2.50 bits per heavy atom. The van der Waals surface area contributed by atoms with E-state index in [1.54, 1.807) is 24.3 Å². The van der Waals surface area contributed by atoms with Crippen LogP contribution in [0.2, 0.25) is 0 Å². The van der Waals surface area contributed by atoms with Gasteiger partial charge in [-0.3, -0.25) is 15.9 Å². The van der Waals surface area contributed by atoms with Gasteiger partial charge in [-0.1, -0.05) is 0 Å². The third-order valence-corrected chi connectivity index (χ3v) is 4.40. The average molecular weight is 460 g/mol. The van der Waals surface area contributed by atoms with E-state index in [9.17, 15) is 13.6 Å². The first-order valence-electron chi connectivity index (χ1n) is 8.93. The number of ether oxygens (including phenoxy) is 1. The fraction of sp³-hybridized carbons (Fsp3) is 0.0526. The zero-order chi connectivity index (χ0) is 23.1. The number of halogens is 2. The maximum atomic E-state index is 14.2. The van der Waals surface area contributed by atoms with Crippen LogP contribution in [0.1, 0.15) is 0 Å². The molecule has 0 radical (unpaired) electrons. The number of carbonyl (C=O) groups excluding carboxylic acids is 1. The van der Waals surface area contributed by atoms with Crippen LogP contribution in [0, 0.1) is 17.0 Å². The number of nitrogens with one attached hydrogen (secondary N) is 4. The molecule has 8 N–H and O–H groups in total. The quantitative estimate of drug-likeness (QED) is 0.169. The Morgan fingerprint density at radius 2 is 1.81 bits per heavy atom. The number of nitrogens with zero attached hydrogens (tertiary/aromatic N) is 2. The largest absolute Gasteiger partial charge is 0.486 e. The van der Waals surface area contributed by atoms with E-state index in [-0.39, 0.29) is 29.1 Å². The summed E-state index contributed by atoms with van der Waals surface area (Å²) in [5.41, 5.74) is 5.91. The summed E-state index contributed by atoms with van der Waals surface area (Å²) in [5.74, 6) is -0.908. The maximum absolute atomic E-state index is 14.2. The molecule has 1 aromatic heterocycles. The normalized spacial score (nSPS) is 10.3. The highest BCUT2D eigenvalue weighted by Crippen LogP contribution is 2.25. The van der Waals surface area contributed by atoms with E-state index in [1.165, 1.54) is 18.2 Å². The topological polar surface area (TPSA) is 164 Å². The average Bonchev–Trinajstić information content (AvgIpc) is 2.76. The molecule has 0 aliphatic heterocycles. The summed E-state index contributed by atoms with van der Waals surface area (Å²) in [5, 5.41) is 20.7. The van der Waals surface area contributed by atoms with Crippen LogP contribution in [0.4, 0.5) is 36.7 Å². The molecule has 2 amide bonds. The van der Waals surface area contributed by atoms with Gasteiger partial charge in [0, 0.05) is 11.4 Å². The van der Waals surface area contributed by atoms with E-state index in [1.807, 2.05) is 0 Å². The number of hydrogen-bond donors (Lipinski definition) is 6. The lowest BCUT2D eigenvalue weighted by molar-refractivity contribution is 0.252. The molecule has 10 nitrogen and oxygen atoms in total. The molecular formula is C19H18F2N8O2S. The van der Waals surface area contributed by atoms with Crippen molar-refractivity contribution in [2.45, 2.75) is 4.90 Å². The van der Waals surface area contributed by atoms with Gasteiger partial charge < -0.3 is 21.1 Å². The number of hydrogen-bond acceptors (Lipinski definition) is 9.